The quantitative estimate of drug-likeness (QED) is 0.519. The molecule has 0 spiro atoms. The van der Waals surface area contributed by atoms with E-state index in [-0.39, 0.29) is 4.49 Å². The third kappa shape index (κ3) is 4.76. The van der Waals surface area contributed by atoms with Gasteiger partial charge in [0.05, 0.1) is 24.0 Å². The normalized spacial score (nSPS) is 14.5. The summed E-state index contributed by atoms with van der Waals surface area (Å²) in [7, 11) is 0. The number of allylic oxidation sites excluding steroid dienone is 1. The topological polar surface area (TPSA) is 94.1 Å². The third-order valence-corrected chi connectivity index (χ3v) is 5.30. The second-order valence-corrected chi connectivity index (χ2v) is 8.01. The Bertz CT molecular complexity index is 1010. The van der Waals surface area contributed by atoms with E-state index in [4.69, 9.17) is 27.9 Å². The number of benzene rings is 2. The van der Waals surface area contributed by atoms with E-state index in [1.54, 1.807) is 50.2 Å². The fourth-order valence-corrected chi connectivity index (χ4v) is 3.87. The minimum absolute atomic E-state index is 0.231. The molecule has 1 N–H and O–H groups in total. The summed E-state index contributed by atoms with van der Waals surface area (Å²) in [5.74, 6) is -3.22. The second kappa shape index (κ2) is 10.2. The maximum atomic E-state index is 12.5. The molecule has 5 nitrogen and oxygen atoms in total. The fourth-order valence-electron chi connectivity index (χ4n) is 3.62. The Labute approximate surface area is 185 Å². The highest BCUT2D eigenvalue weighted by Gasteiger charge is 2.55. The van der Waals surface area contributed by atoms with E-state index in [1.165, 1.54) is 6.08 Å². The van der Waals surface area contributed by atoms with Crippen LogP contribution < -0.4 is 4.74 Å². The highest BCUT2D eigenvalue weighted by molar-refractivity contribution is 6.55. The van der Waals surface area contributed by atoms with Crippen LogP contribution in [0.3, 0.4) is 0 Å². The Kier molecular flexibility index (Phi) is 7.89. The molecule has 3 unspecified atom stereocenters. The Balaban J connectivity index is 2.62. The van der Waals surface area contributed by atoms with E-state index in [1.807, 2.05) is 24.3 Å². The number of hydrogen-bond donors (Lipinski definition) is 1. The predicted molar refractivity (Wildman–Crippen MR) is 115 cm³/mol. The number of rotatable bonds is 8. The van der Waals surface area contributed by atoms with Crippen LogP contribution in [0.4, 0.5) is 0 Å². The van der Waals surface area contributed by atoms with Crippen molar-refractivity contribution >= 4 is 29.2 Å². The molecule has 154 valence electrons. The van der Waals surface area contributed by atoms with Crippen LogP contribution in [0.2, 0.25) is 0 Å². The van der Waals surface area contributed by atoms with E-state index in [0.29, 0.717) is 17.1 Å². The lowest BCUT2D eigenvalue weighted by atomic mass is 9.59. The number of nitriles is 2. The Morgan fingerprint density at radius 1 is 1.07 bits per heavy atom. The molecule has 0 heterocycles. The van der Waals surface area contributed by atoms with E-state index in [0.717, 1.165) is 0 Å². The molecule has 0 fully saturated rings. The number of aliphatic carboxylic acids is 1. The minimum atomic E-state index is -1.79. The number of carbonyl (C=O) groups is 1. The highest BCUT2D eigenvalue weighted by atomic mass is 35.5. The highest BCUT2D eigenvalue weighted by Crippen LogP contribution is 2.49. The molecule has 0 aliphatic carbocycles. The number of halogens is 2. The first-order valence-electron chi connectivity index (χ1n) is 9.15. The van der Waals surface area contributed by atoms with Crippen LogP contribution in [0.1, 0.15) is 25.3 Å². The van der Waals surface area contributed by atoms with Gasteiger partial charge in [0.2, 0.25) is 0 Å². The molecule has 0 amide bonds. The zero-order valence-corrected chi connectivity index (χ0v) is 17.9. The van der Waals surface area contributed by atoms with Gasteiger partial charge in [-0.25, -0.2) is 0 Å². The van der Waals surface area contributed by atoms with Gasteiger partial charge in [-0.2, -0.15) is 10.5 Å². The molecule has 0 bridgehead atoms. The van der Waals surface area contributed by atoms with E-state index >= 15 is 0 Å². The van der Waals surface area contributed by atoms with Gasteiger partial charge in [0, 0.05) is 0 Å². The van der Waals surface area contributed by atoms with Crippen LogP contribution in [-0.4, -0.2) is 11.1 Å². The summed E-state index contributed by atoms with van der Waals surface area (Å²) in [4.78, 5) is 12.5. The van der Waals surface area contributed by atoms with Gasteiger partial charge in [0.1, 0.15) is 21.4 Å². The van der Waals surface area contributed by atoms with Crippen LogP contribution in [0, 0.1) is 39.9 Å². The predicted octanol–water partition coefficient (Wildman–Crippen LogP) is 6.27. The monoisotopic (exact) mass is 442 g/mol. The molecular formula is C23H20Cl2N2O3. The molecule has 7 heteroatoms. The van der Waals surface area contributed by atoms with Crippen molar-refractivity contribution in [1.29, 1.82) is 10.5 Å². The summed E-state index contributed by atoms with van der Waals surface area (Å²) in [5, 5.41) is 30.0. The molecule has 3 atom stereocenters. The van der Waals surface area contributed by atoms with Gasteiger partial charge >= 0.3 is 5.97 Å². The first kappa shape index (κ1) is 23.3. The lowest BCUT2D eigenvalue weighted by Gasteiger charge is -2.39. The molecule has 30 heavy (non-hydrogen) atoms. The second-order valence-electron chi connectivity index (χ2n) is 7.01. The van der Waals surface area contributed by atoms with Crippen molar-refractivity contribution in [2.24, 2.45) is 17.3 Å². The van der Waals surface area contributed by atoms with Crippen molar-refractivity contribution in [3.63, 3.8) is 0 Å². The third-order valence-electron chi connectivity index (χ3n) is 5.05. The molecule has 0 saturated carbocycles. The maximum Gasteiger partial charge on any atom is 0.313 e. The van der Waals surface area contributed by atoms with Gasteiger partial charge in [0.25, 0.3) is 0 Å². The molecule has 2 aromatic rings. The summed E-state index contributed by atoms with van der Waals surface area (Å²) < 4.78 is 5.59. The average molecular weight is 443 g/mol. The molecule has 0 radical (unpaired) electrons. The van der Waals surface area contributed by atoms with Crippen LogP contribution >= 0.6 is 23.2 Å². The van der Waals surface area contributed by atoms with Gasteiger partial charge in [-0.1, -0.05) is 67.4 Å². The lowest BCUT2D eigenvalue weighted by Crippen LogP contribution is -2.47. The lowest BCUT2D eigenvalue weighted by molar-refractivity contribution is -0.154. The number of hydrogen-bond acceptors (Lipinski definition) is 4. The van der Waals surface area contributed by atoms with Crippen LogP contribution in [0.5, 0.6) is 11.5 Å². The zero-order chi connectivity index (χ0) is 22.3. The molecule has 0 aromatic heterocycles. The molecule has 2 rings (SSSR count). The number of carboxylic acids is 1. The van der Waals surface area contributed by atoms with Crippen LogP contribution in [0.15, 0.2) is 65.2 Å². The van der Waals surface area contributed by atoms with Crippen molar-refractivity contribution < 1.29 is 14.6 Å². The SMILES string of the molecule is CC(C)C(C(=O)O)(C(C#N)C=C(Cl)Cl)C(C#N)c1cccc(Oc2ccccc2)c1. The molecule has 0 saturated heterocycles. The van der Waals surface area contributed by atoms with Crippen molar-refractivity contribution in [1.82, 2.24) is 0 Å². The fraction of sp³-hybridized carbons (Fsp3) is 0.261. The van der Waals surface area contributed by atoms with E-state index in [2.05, 4.69) is 6.07 Å². The Morgan fingerprint density at radius 3 is 2.20 bits per heavy atom. The van der Waals surface area contributed by atoms with Gasteiger partial charge in [-0.3, -0.25) is 4.79 Å². The summed E-state index contributed by atoms with van der Waals surface area (Å²) in [6.07, 6.45) is 1.17. The van der Waals surface area contributed by atoms with Crippen molar-refractivity contribution in [3.05, 3.63) is 70.7 Å². The van der Waals surface area contributed by atoms with E-state index < -0.39 is 29.1 Å². The van der Waals surface area contributed by atoms with Crippen LogP contribution in [0.25, 0.3) is 0 Å². The standard InChI is InChI=1S/C23H20Cl2N2O3/c1-15(2)23(22(28)29,17(13-26)12-21(24)25)20(14-27)16-7-6-10-19(11-16)30-18-8-4-3-5-9-18/h3-12,15,17,20H,1-2H3,(H,28,29). The first-order chi connectivity index (χ1) is 14.3. The van der Waals surface area contributed by atoms with Gasteiger partial charge < -0.3 is 9.84 Å². The minimum Gasteiger partial charge on any atom is -0.481 e. The molecule has 0 aliphatic heterocycles. The summed E-state index contributed by atoms with van der Waals surface area (Å²) >= 11 is 11.5. The summed E-state index contributed by atoms with van der Waals surface area (Å²) in [6, 6.07) is 19.8. The smallest absolute Gasteiger partial charge is 0.313 e. The summed E-state index contributed by atoms with van der Waals surface area (Å²) in [6.45, 7) is 3.31. The van der Waals surface area contributed by atoms with Gasteiger partial charge in [-0.15, -0.1) is 0 Å². The van der Waals surface area contributed by atoms with Crippen molar-refractivity contribution in [2.75, 3.05) is 0 Å². The number of nitrogens with zero attached hydrogens (tertiary/aromatic N) is 2. The summed E-state index contributed by atoms with van der Waals surface area (Å²) in [5.41, 5.74) is -1.37. The van der Waals surface area contributed by atoms with Crippen molar-refractivity contribution in [2.45, 2.75) is 19.8 Å². The number of ether oxygens (including phenoxy) is 1. The average Bonchev–Trinajstić information content (AvgIpc) is 2.70. The van der Waals surface area contributed by atoms with Gasteiger partial charge in [0.15, 0.2) is 0 Å². The zero-order valence-electron chi connectivity index (χ0n) is 16.4. The Hall–Kier alpha value is -2.99. The van der Waals surface area contributed by atoms with Crippen molar-refractivity contribution in [3.8, 4) is 23.6 Å². The van der Waals surface area contributed by atoms with Crippen LogP contribution in [-0.2, 0) is 4.79 Å². The van der Waals surface area contributed by atoms with E-state index in [9.17, 15) is 20.4 Å². The molecule has 0 aliphatic rings. The first-order valence-corrected chi connectivity index (χ1v) is 9.91. The molecule has 2 aromatic carbocycles. The van der Waals surface area contributed by atoms with Gasteiger partial charge in [-0.05, 0) is 41.8 Å². The largest absolute Gasteiger partial charge is 0.481 e. The number of carboxylic acid groups (broad SMARTS) is 1. The Morgan fingerprint density at radius 2 is 1.70 bits per heavy atom. The molecular weight excluding hydrogens is 423 g/mol. The maximum absolute atomic E-state index is 12.5. The number of para-hydroxylation sites is 1.